The lowest BCUT2D eigenvalue weighted by atomic mass is 10.0. The predicted octanol–water partition coefficient (Wildman–Crippen LogP) is 4.25. The van der Waals surface area contributed by atoms with Crippen LogP contribution in [-0.4, -0.2) is 23.6 Å². The van der Waals surface area contributed by atoms with Gasteiger partial charge in [0.1, 0.15) is 5.82 Å². The lowest BCUT2D eigenvalue weighted by Gasteiger charge is -2.22. The minimum absolute atomic E-state index is 0.0899. The lowest BCUT2D eigenvalue weighted by Crippen LogP contribution is -2.35. The number of aromatic nitrogens is 1. The number of halogens is 1. The molecule has 0 bridgehead atoms. The molecule has 4 heteroatoms. The SMILES string of the molecule is CCCC1CCN(c2cc(CNC(C)(C)C)c(Cl)cn2)C1. The van der Waals surface area contributed by atoms with Gasteiger partial charge in [-0.05, 0) is 51.2 Å². The molecule has 1 unspecified atom stereocenters. The number of pyridine rings is 1. The minimum Gasteiger partial charge on any atom is -0.356 e. The van der Waals surface area contributed by atoms with Gasteiger partial charge in [0, 0.05) is 31.4 Å². The van der Waals surface area contributed by atoms with E-state index in [-0.39, 0.29) is 5.54 Å². The van der Waals surface area contributed by atoms with Crippen molar-refractivity contribution in [3.05, 3.63) is 22.8 Å². The van der Waals surface area contributed by atoms with Crippen molar-refractivity contribution in [2.24, 2.45) is 5.92 Å². The van der Waals surface area contributed by atoms with Crippen LogP contribution in [0.4, 0.5) is 5.82 Å². The molecule has 1 atom stereocenters. The van der Waals surface area contributed by atoms with Gasteiger partial charge in [0.05, 0.1) is 5.02 Å². The van der Waals surface area contributed by atoms with Gasteiger partial charge in [-0.2, -0.15) is 0 Å². The number of rotatable bonds is 5. The second-order valence-electron chi connectivity index (χ2n) is 7.13. The van der Waals surface area contributed by atoms with Crippen molar-refractivity contribution in [1.29, 1.82) is 0 Å². The third kappa shape index (κ3) is 4.86. The molecule has 0 amide bonds. The first-order chi connectivity index (χ1) is 9.89. The summed E-state index contributed by atoms with van der Waals surface area (Å²) in [5.41, 5.74) is 1.22. The summed E-state index contributed by atoms with van der Waals surface area (Å²) in [7, 11) is 0. The molecule has 0 spiro atoms. The van der Waals surface area contributed by atoms with Crippen molar-refractivity contribution in [3.8, 4) is 0 Å². The fraction of sp³-hybridized carbons (Fsp3) is 0.706. The second kappa shape index (κ2) is 6.97. The molecule has 0 aromatic carbocycles. The first-order valence-electron chi connectivity index (χ1n) is 8.03. The maximum atomic E-state index is 6.29. The Morgan fingerprint density at radius 2 is 2.19 bits per heavy atom. The van der Waals surface area contributed by atoms with E-state index in [2.05, 4.69) is 49.0 Å². The van der Waals surface area contributed by atoms with E-state index in [9.17, 15) is 0 Å². The van der Waals surface area contributed by atoms with E-state index in [4.69, 9.17) is 11.6 Å². The summed E-state index contributed by atoms with van der Waals surface area (Å²) in [6.07, 6.45) is 5.67. The maximum Gasteiger partial charge on any atom is 0.128 e. The van der Waals surface area contributed by atoms with Crippen LogP contribution in [0.1, 0.15) is 52.5 Å². The molecular formula is C17H28ClN3. The van der Waals surface area contributed by atoms with E-state index in [1.807, 2.05) is 0 Å². The molecule has 0 radical (unpaired) electrons. The van der Waals surface area contributed by atoms with E-state index in [1.54, 1.807) is 6.20 Å². The van der Waals surface area contributed by atoms with Gasteiger partial charge in [-0.1, -0.05) is 24.9 Å². The molecular weight excluding hydrogens is 282 g/mol. The standard InChI is InChI=1S/C17H28ClN3/c1-5-6-13-7-8-21(12-13)16-9-14(15(18)11-19-16)10-20-17(2,3)4/h9,11,13,20H,5-8,10,12H2,1-4H3. The smallest absolute Gasteiger partial charge is 0.128 e. The highest BCUT2D eigenvalue weighted by molar-refractivity contribution is 6.31. The largest absolute Gasteiger partial charge is 0.356 e. The Hall–Kier alpha value is -0.800. The molecule has 2 rings (SSSR count). The molecule has 1 aromatic heterocycles. The normalized spacial score (nSPS) is 19.3. The average Bonchev–Trinajstić information content (AvgIpc) is 2.86. The number of nitrogens with zero attached hydrogens (tertiary/aromatic N) is 2. The van der Waals surface area contributed by atoms with E-state index < -0.39 is 0 Å². The number of hydrogen-bond donors (Lipinski definition) is 1. The number of hydrogen-bond acceptors (Lipinski definition) is 3. The summed E-state index contributed by atoms with van der Waals surface area (Å²) in [6, 6.07) is 2.15. The molecule has 21 heavy (non-hydrogen) atoms. The first-order valence-corrected chi connectivity index (χ1v) is 8.41. The van der Waals surface area contributed by atoms with Crippen LogP contribution in [0.2, 0.25) is 5.02 Å². The van der Waals surface area contributed by atoms with Crippen LogP contribution < -0.4 is 10.2 Å². The lowest BCUT2D eigenvalue weighted by molar-refractivity contribution is 0.424. The Labute approximate surface area is 134 Å². The molecule has 1 aliphatic heterocycles. The third-order valence-electron chi connectivity index (χ3n) is 4.04. The fourth-order valence-corrected chi connectivity index (χ4v) is 2.99. The van der Waals surface area contributed by atoms with Crippen LogP contribution >= 0.6 is 11.6 Å². The molecule has 2 heterocycles. The highest BCUT2D eigenvalue weighted by Crippen LogP contribution is 2.27. The zero-order valence-electron chi connectivity index (χ0n) is 13.7. The van der Waals surface area contributed by atoms with Crippen LogP contribution in [0.15, 0.2) is 12.3 Å². The Morgan fingerprint density at radius 3 is 2.86 bits per heavy atom. The first kappa shape index (κ1) is 16.6. The maximum absolute atomic E-state index is 6.29. The van der Waals surface area contributed by atoms with Gasteiger partial charge in [-0.25, -0.2) is 4.98 Å². The Morgan fingerprint density at radius 1 is 1.43 bits per heavy atom. The molecule has 1 aliphatic rings. The summed E-state index contributed by atoms with van der Waals surface area (Å²) >= 11 is 6.29. The van der Waals surface area contributed by atoms with Gasteiger partial charge >= 0.3 is 0 Å². The van der Waals surface area contributed by atoms with Gasteiger partial charge in [-0.3, -0.25) is 0 Å². The molecule has 1 fully saturated rings. The van der Waals surface area contributed by atoms with Crippen molar-refractivity contribution < 1.29 is 0 Å². The van der Waals surface area contributed by atoms with Gasteiger partial charge in [0.2, 0.25) is 0 Å². The summed E-state index contributed by atoms with van der Waals surface area (Å²) in [5, 5.41) is 4.24. The van der Waals surface area contributed by atoms with Crippen molar-refractivity contribution in [2.75, 3.05) is 18.0 Å². The Kier molecular flexibility index (Phi) is 5.50. The molecule has 1 aromatic rings. The van der Waals surface area contributed by atoms with E-state index in [1.165, 1.54) is 19.3 Å². The topological polar surface area (TPSA) is 28.2 Å². The van der Waals surface area contributed by atoms with Gasteiger partial charge < -0.3 is 10.2 Å². The number of nitrogens with one attached hydrogen (secondary N) is 1. The Bertz CT molecular complexity index is 468. The summed E-state index contributed by atoms with van der Waals surface area (Å²) in [5.74, 6) is 1.90. The van der Waals surface area contributed by atoms with Crippen molar-refractivity contribution >= 4 is 17.4 Å². The summed E-state index contributed by atoms with van der Waals surface area (Å²) < 4.78 is 0. The van der Waals surface area contributed by atoms with E-state index >= 15 is 0 Å². The third-order valence-corrected chi connectivity index (χ3v) is 4.38. The van der Waals surface area contributed by atoms with Crippen LogP contribution in [0.5, 0.6) is 0 Å². The van der Waals surface area contributed by atoms with Gasteiger partial charge in [0.15, 0.2) is 0 Å². The molecule has 1 N–H and O–H groups in total. The second-order valence-corrected chi connectivity index (χ2v) is 7.53. The van der Waals surface area contributed by atoms with E-state index in [0.29, 0.717) is 0 Å². The highest BCUT2D eigenvalue weighted by atomic mass is 35.5. The van der Waals surface area contributed by atoms with Crippen molar-refractivity contribution in [3.63, 3.8) is 0 Å². The predicted molar refractivity (Wildman–Crippen MR) is 91.1 cm³/mol. The van der Waals surface area contributed by atoms with Crippen LogP contribution in [0, 0.1) is 5.92 Å². The van der Waals surface area contributed by atoms with Crippen LogP contribution in [0.3, 0.4) is 0 Å². The van der Waals surface area contributed by atoms with E-state index in [0.717, 1.165) is 42.0 Å². The fourth-order valence-electron chi connectivity index (χ4n) is 2.82. The van der Waals surface area contributed by atoms with Crippen LogP contribution in [-0.2, 0) is 6.54 Å². The van der Waals surface area contributed by atoms with Crippen molar-refractivity contribution in [2.45, 2.75) is 59.0 Å². The molecule has 0 saturated carbocycles. The van der Waals surface area contributed by atoms with Gasteiger partial charge in [0.25, 0.3) is 0 Å². The molecule has 1 saturated heterocycles. The van der Waals surface area contributed by atoms with Gasteiger partial charge in [-0.15, -0.1) is 0 Å². The average molecular weight is 310 g/mol. The Balaban J connectivity index is 2.05. The highest BCUT2D eigenvalue weighted by Gasteiger charge is 2.23. The molecule has 3 nitrogen and oxygen atoms in total. The summed E-state index contributed by atoms with van der Waals surface area (Å²) in [6.45, 7) is 11.8. The minimum atomic E-state index is 0.0899. The zero-order valence-corrected chi connectivity index (χ0v) is 14.5. The quantitative estimate of drug-likeness (QED) is 0.881. The monoisotopic (exact) mass is 309 g/mol. The number of anilines is 1. The summed E-state index contributed by atoms with van der Waals surface area (Å²) in [4.78, 5) is 6.93. The zero-order chi connectivity index (χ0) is 15.5. The van der Waals surface area contributed by atoms with Crippen LogP contribution in [0.25, 0.3) is 0 Å². The van der Waals surface area contributed by atoms with Crippen molar-refractivity contribution in [1.82, 2.24) is 10.3 Å². The molecule has 0 aliphatic carbocycles. The molecule has 118 valence electrons.